The van der Waals surface area contributed by atoms with Crippen LogP contribution in [0.25, 0.3) is 0 Å². The largest absolute Gasteiger partial charge is 0.373 e. The number of ether oxygens (including phenoxy) is 1. The molecule has 0 aliphatic carbocycles. The molecule has 0 aromatic carbocycles. The third-order valence-electron chi connectivity index (χ3n) is 3.37. The molecule has 1 unspecified atom stereocenters. The summed E-state index contributed by atoms with van der Waals surface area (Å²) < 4.78 is 7.47. The number of nitrogens with one attached hydrogen (secondary N) is 2. The fraction of sp³-hybridized carbons (Fsp3) is 0.750. The summed E-state index contributed by atoms with van der Waals surface area (Å²) in [5.74, 6) is 1.62. The van der Waals surface area contributed by atoms with Gasteiger partial charge in [0.15, 0.2) is 5.96 Å². The minimum atomic E-state index is -0.0810. The topological polar surface area (TPSA) is 76.4 Å². The third-order valence-corrected chi connectivity index (χ3v) is 3.37. The van der Waals surface area contributed by atoms with E-state index in [9.17, 15) is 0 Å². The Morgan fingerprint density at radius 2 is 2.42 bits per heavy atom. The Morgan fingerprint density at radius 3 is 3.00 bits per heavy atom. The molecule has 0 saturated carbocycles. The van der Waals surface area contributed by atoms with Crippen molar-refractivity contribution in [2.24, 2.45) is 12.0 Å². The number of rotatable bonds is 4. The average Bonchev–Trinajstić information content (AvgIpc) is 3.00. The molecule has 1 aliphatic heterocycles. The second-order valence-electron chi connectivity index (χ2n) is 4.98. The van der Waals surface area contributed by atoms with Gasteiger partial charge in [0.05, 0.1) is 12.1 Å². The fourth-order valence-electron chi connectivity index (χ4n) is 2.11. The maximum Gasteiger partial charge on any atom is 0.191 e. The van der Waals surface area contributed by atoms with Gasteiger partial charge < -0.3 is 15.4 Å². The van der Waals surface area contributed by atoms with E-state index in [-0.39, 0.29) is 5.60 Å². The van der Waals surface area contributed by atoms with Gasteiger partial charge in [0, 0.05) is 27.2 Å². The van der Waals surface area contributed by atoms with Gasteiger partial charge in [-0.05, 0) is 19.8 Å². The Hall–Kier alpha value is -1.63. The quantitative estimate of drug-likeness (QED) is 0.595. The van der Waals surface area contributed by atoms with Crippen LogP contribution >= 0.6 is 0 Å². The highest BCUT2D eigenvalue weighted by Crippen LogP contribution is 2.23. The van der Waals surface area contributed by atoms with Crippen molar-refractivity contribution in [3.8, 4) is 0 Å². The molecule has 7 nitrogen and oxygen atoms in total. The Bertz CT molecular complexity index is 435. The summed E-state index contributed by atoms with van der Waals surface area (Å²) in [5.41, 5.74) is -0.0810. The molecule has 0 radical (unpaired) electrons. The van der Waals surface area contributed by atoms with Gasteiger partial charge in [0.2, 0.25) is 0 Å². The smallest absolute Gasteiger partial charge is 0.191 e. The highest BCUT2D eigenvalue weighted by atomic mass is 16.5. The van der Waals surface area contributed by atoms with E-state index < -0.39 is 0 Å². The number of aryl methyl sites for hydroxylation is 1. The van der Waals surface area contributed by atoms with Crippen molar-refractivity contribution in [1.82, 2.24) is 25.4 Å². The Labute approximate surface area is 113 Å². The molecule has 0 spiro atoms. The lowest BCUT2D eigenvalue weighted by Crippen LogP contribution is -2.45. The summed E-state index contributed by atoms with van der Waals surface area (Å²) in [5, 5.41) is 10.5. The molecular formula is C12H22N6O. The van der Waals surface area contributed by atoms with Crippen LogP contribution in [-0.4, -0.2) is 46.5 Å². The molecule has 19 heavy (non-hydrogen) atoms. The molecule has 2 heterocycles. The van der Waals surface area contributed by atoms with Gasteiger partial charge in [-0.2, -0.15) is 5.10 Å². The molecule has 2 N–H and O–H groups in total. The lowest BCUT2D eigenvalue weighted by Gasteiger charge is -2.24. The highest BCUT2D eigenvalue weighted by Gasteiger charge is 2.29. The normalized spacial score (nSPS) is 23.6. The van der Waals surface area contributed by atoms with Crippen LogP contribution in [0, 0.1) is 0 Å². The summed E-state index contributed by atoms with van der Waals surface area (Å²) in [4.78, 5) is 8.35. The Balaban J connectivity index is 1.79. The zero-order valence-corrected chi connectivity index (χ0v) is 11.8. The van der Waals surface area contributed by atoms with Crippen LogP contribution in [0.15, 0.2) is 11.3 Å². The molecule has 0 amide bonds. The van der Waals surface area contributed by atoms with Crippen molar-refractivity contribution in [3.63, 3.8) is 0 Å². The number of guanidine groups is 1. The highest BCUT2D eigenvalue weighted by molar-refractivity contribution is 5.79. The van der Waals surface area contributed by atoms with Crippen LogP contribution in [0.3, 0.4) is 0 Å². The zero-order chi connectivity index (χ0) is 13.7. The van der Waals surface area contributed by atoms with Crippen molar-refractivity contribution in [3.05, 3.63) is 12.2 Å². The lowest BCUT2D eigenvalue weighted by atomic mass is 10.0. The van der Waals surface area contributed by atoms with Gasteiger partial charge >= 0.3 is 0 Å². The molecule has 7 heteroatoms. The minimum Gasteiger partial charge on any atom is -0.373 e. The first-order valence-electron chi connectivity index (χ1n) is 6.54. The van der Waals surface area contributed by atoms with Crippen molar-refractivity contribution in [2.45, 2.75) is 31.9 Å². The van der Waals surface area contributed by atoms with Crippen molar-refractivity contribution < 1.29 is 4.74 Å². The molecule has 1 aliphatic rings. The molecule has 1 aromatic rings. The minimum absolute atomic E-state index is 0.0810. The van der Waals surface area contributed by atoms with Crippen molar-refractivity contribution in [2.75, 3.05) is 20.2 Å². The van der Waals surface area contributed by atoms with E-state index in [0.29, 0.717) is 6.54 Å². The number of aliphatic imine (C=N–C) groups is 1. The Kier molecular flexibility index (Phi) is 4.36. The lowest BCUT2D eigenvalue weighted by molar-refractivity contribution is 0.0243. The molecular weight excluding hydrogens is 244 g/mol. The molecule has 106 valence electrons. The first kappa shape index (κ1) is 13.8. The van der Waals surface area contributed by atoms with E-state index in [1.165, 1.54) is 0 Å². The van der Waals surface area contributed by atoms with Crippen LogP contribution in [-0.2, 0) is 18.3 Å². The third kappa shape index (κ3) is 3.66. The van der Waals surface area contributed by atoms with Crippen LogP contribution < -0.4 is 10.6 Å². The first-order valence-corrected chi connectivity index (χ1v) is 6.54. The second-order valence-corrected chi connectivity index (χ2v) is 4.98. The van der Waals surface area contributed by atoms with Crippen LogP contribution in [0.2, 0.25) is 0 Å². The SMILES string of the molecule is CN=C(NCc1ncnn1C)NCC1(C)CCCO1. The molecule has 2 rings (SSSR count). The number of hydrogen-bond donors (Lipinski definition) is 2. The molecule has 1 atom stereocenters. The number of aromatic nitrogens is 3. The summed E-state index contributed by atoms with van der Waals surface area (Å²) in [6.07, 6.45) is 3.75. The van der Waals surface area contributed by atoms with Crippen molar-refractivity contribution in [1.29, 1.82) is 0 Å². The summed E-state index contributed by atoms with van der Waals surface area (Å²) in [6, 6.07) is 0. The maximum atomic E-state index is 5.73. The van der Waals surface area contributed by atoms with E-state index in [4.69, 9.17) is 4.74 Å². The number of hydrogen-bond acceptors (Lipinski definition) is 4. The van der Waals surface area contributed by atoms with E-state index in [0.717, 1.165) is 37.8 Å². The van der Waals surface area contributed by atoms with Gasteiger partial charge in [0.1, 0.15) is 12.2 Å². The van der Waals surface area contributed by atoms with E-state index in [1.54, 1.807) is 18.1 Å². The van der Waals surface area contributed by atoms with Gasteiger partial charge in [0.25, 0.3) is 0 Å². The monoisotopic (exact) mass is 266 g/mol. The maximum absolute atomic E-state index is 5.73. The molecule has 1 aromatic heterocycles. The van der Waals surface area contributed by atoms with Crippen LogP contribution in [0.4, 0.5) is 0 Å². The van der Waals surface area contributed by atoms with Gasteiger partial charge in [-0.1, -0.05) is 0 Å². The molecule has 1 saturated heterocycles. The standard InChI is InChI=1S/C12H22N6O/c1-12(5-4-6-19-12)8-15-11(13-2)14-7-10-16-9-17-18(10)3/h9H,4-8H2,1-3H3,(H2,13,14,15). The summed E-state index contributed by atoms with van der Waals surface area (Å²) in [6.45, 7) is 4.32. The zero-order valence-electron chi connectivity index (χ0n) is 11.8. The van der Waals surface area contributed by atoms with E-state index >= 15 is 0 Å². The average molecular weight is 266 g/mol. The molecule has 0 bridgehead atoms. The van der Waals surface area contributed by atoms with Crippen LogP contribution in [0.1, 0.15) is 25.6 Å². The van der Waals surface area contributed by atoms with Crippen LogP contribution in [0.5, 0.6) is 0 Å². The first-order chi connectivity index (χ1) is 9.13. The fourth-order valence-corrected chi connectivity index (χ4v) is 2.11. The van der Waals surface area contributed by atoms with E-state index in [2.05, 4.69) is 32.6 Å². The molecule has 1 fully saturated rings. The number of nitrogens with zero attached hydrogens (tertiary/aromatic N) is 4. The predicted molar refractivity (Wildman–Crippen MR) is 72.8 cm³/mol. The predicted octanol–water partition coefficient (Wildman–Crippen LogP) is 0.0492. The van der Waals surface area contributed by atoms with Gasteiger partial charge in [-0.3, -0.25) is 9.67 Å². The van der Waals surface area contributed by atoms with Gasteiger partial charge in [-0.15, -0.1) is 0 Å². The van der Waals surface area contributed by atoms with E-state index in [1.807, 2.05) is 7.05 Å². The summed E-state index contributed by atoms with van der Waals surface area (Å²) >= 11 is 0. The van der Waals surface area contributed by atoms with Gasteiger partial charge in [-0.25, -0.2) is 4.98 Å². The second kappa shape index (κ2) is 6.01. The summed E-state index contributed by atoms with van der Waals surface area (Å²) in [7, 11) is 3.62. The Morgan fingerprint density at radius 1 is 1.58 bits per heavy atom. The van der Waals surface area contributed by atoms with Crippen molar-refractivity contribution >= 4 is 5.96 Å².